The highest BCUT2D eigenvalue weighted by atomic mass is 79.9. The number of hydrogen-bond acceptors (Lipinski definition) is 1. The van der Waals surface area contributed by atoms with E-state index in [1.807, 2.05) is 0 Å². The lowest BCUT2D eigenvalue weighted by Gasteiger charge is -2.40. The number of amides is 1. The van der Waals surface area contributed by atoms with E-state index in [1.165, 1.54) is 12.5 Å². The number of hydrogen-bond donors (Lipinski definition) is 1. The second-order valence-corrected chi connectivity index (χ2v) is 7.79. The Morgan fingerprint density at radius 3 is 2.62 bits per heavy atom. The molecular weight excluding hydrogens is 333 g/mol. The van der Waals surface area contributed by atoms with Gasteiger partial charge in [-0.1, -0.05) is 39.7 Å². The number of rotatable bonds is 2. The molecule has 2 atom stereocenters. The zero-order valence-electron chi connectivity index (χ0n) is 12.9. The van der Waals surface area contributed by atoms with Gasteiger partial charge in [-0.3, -0.25) is 4.79 Å². The molecule has 1 amide bonds. The normalized spacial score (nSPS) is 22.9. The van der Waals surface area contributed by atoms with Gasteiger partial charge in [-0.05, 0) is 52.2 Å². The van der Waals surface area contributed by atoms with E-state index in [1.54, 1.807) is 12.1 Å². The van der Waals surface area contributed by atoms with Crippen LogP contribution in [0, 0.1) is 17.2 Å². The van der Waals surface area contributed by atoms with Crippen LogP contribution in [-0.2, 0) is 0 Å². The van der Waals surface area contributed by atoms with Crippen molar-refractivity contribution < 1.29 is 9.18 Å². The minimum atomic E-state index is -0.488. The van der Waals surface area contributed by atoms with Crippen molar-refractivity contribution >= 4 is 21.8 Å². The topological polar surface area (TPSA) is 29.1 Å². The van der Waals surface area contributed by atoms with Gasteiger partial charge in [0, 0.05) is 6.04 Å². The summed E-state index contributed by atoms with van der Waals surface area (Å²) >= 11 is 3.13. The molecule has 21 heavy (non-hydrogen) atoms. The number of benzene rings is 1. The maximum absolute atomic E-state index is 14.0. The van der Waals surface area contributed by atoms with E-state index in [0.717, 1.165) is 19.3 Å². The largest absolute Gasteiger partial charge is 0.349 e. The smallest absolute Gasteiger partial charge is 0.254 e. The summed E-state index contributed by atoms with van der Waals surface area (Å²) in [7, 11) is 0. The molecular formula is C17H23BrFNO. The van der Waals surface area contributed by atoms with Gasteiger partial charge < -0.3 is 5.32 Å². The first kappa shape index (κ1) is 16.5. The van der Waals surface area contributed by atoms with Crippen LogP contribution in [0.25, 0.3) is 0 Å². The van der Waals surface area contributed by atoms with Crippen molar-refractivity contribution in [2.75, 3.05) is 0 Å². The Hall–Kier alpha value is -0.900. The number of halogens is 2. The van der Waals surface area contributed by atoms with Crippen LogP contribution in [0.3, 0.4) is 0 Å². The Kier molecular flexibility index (Phi) is 5.07. The van der Waals surface area contributed by atoms with Crippen molar-refractivity contribution in [3.8, 4) is 0 Å². The van der Waals surface area contributed by atoms with Gasteiger partial charge >= 0.3 is 0 Å². The highest BCUT2D eigenvalue weighted by Gasteiger charge is 2.35. The Morgan fingerprint density at radius 1 is 1.29 bits per heavy atom. The molecule has 1 saturated carbocycles. The average molecular weight is 356 g/mol. The third kappa shape index (κ3) is 3.85. The summed E-state index contributed by atoms with van der Waals surface area (Å²) in [4.78, 5) is 12.4. The minimum absolute atomic E-state index is 0.114. The van der Waals surface area contributed by atoms with E-state index < -0.39 is 5.82 Å². The van der Waals surface area contributed by atoms with Crippen molar-refractivity contribution in [2.24, 2.45) is 11.3 Å². The molecule has 2 unspecified atom stereocenters. The van der Waals surface area contributed by atoms with Crippen molar-refractivity contribution in [2.45, 2.75) is 52.5 Å². The predicted octanol–water partition coefficient (Wildman–Crippen LogP) is 4.92. The molecule has 2 nitrogen and oxygen atoms in total. The fourth-order valence-corrected chi connectivity index (χ4v) is 3.63. The second kappa shape index (κ2) is 6.47. The standard InChI is InChI=1S/C17H23BrFNO/c1-17(2,3)12-8-4-5-10-14(12)20-16(21)11-7-6-9-13(18)15(11)19/h6-7,9,12,14H,4-5,8,10H2,1-3H3,(H,20,21). The summed E-state index contributed by atoms with van der Waals surface area (Å²) in [5.41, 5.74) is 0.261. The predicted molar refractivity (Wildman–Crippen MR) is 86.8 cm³/mol. The van der Waals surface area contributed by atoms with Crippen molar-refractivity contribution in [3.05, 3.63) is 34.1 Å². The number of nitrogens with one attached hydrogen (secondary N) is 1. The van der Waals surface area contributed by atoms with Crippen LogP contribution in [0.2, 0.25) is 0 Å². The maximum Gasteiger partial charge on any atom is 0.254 e. The zero-order valence-corrected chi connectivity index (χ0v) is 14.5. The molecule has 0 radical (unpaired) electrons. The first-order valence-corrected chi connectivity index (χ1v) is 8.35. The lowest BCUT2D eigenvalue weighted by atomic mass is 9.69. The SMILES string of the molecule is CC(C)(C)C1CCCCC1NC(=O)c1cccc(Br)c1F. The van der Waals surface area contributed by atoms with Crippen LogP contribution in [0.1, 0.15) is 56.8 Å². The monoisotopic (exact) mass is 355 g/mol. The lowest BCUT2D eigenvalue weighted by Crippen LogP contribution is -2.46. The summed E-state index contributed by atoms with van der Waals surface area (Å²) in [5.74, 6) is -0.363. The Bertz CT molecular complexity index is 524. The van der Waals surface area contributed by atoms with Crippen LogP contribution in [0.15, 0.2) is 22.7 Å². The number of carbonyl (C=O) groups is 1. The van der Waals surface area contributed by atoms with Gasteiger partial charge in [-0.25, -0.2) is 4.39 Å². The molecule has 116 valence electrons. The second-order valence-electron chi connectivity index (χ2n) is 6.94. The average Bonchev–Trinajstić information content (AvgIpc) is 2.41. The summed E-state index contributed by atoms with van der Waals surface area (Å²) < 4.78 is 14.4. The van der Waals surface area contributed by atoms with Gasteiger partial charge in [-0.15, -0.1) is 0 Å². The molecule has 1 aliphatic carbocycles. The quantitative estimate of drug-likeness (QED) is 0.800. The summed E-state index contributed by atoms with van der Waals surface area (Å²) in [6, 6.07) is 4.95. The Balaban J connectivity index is 2.15. The molecule has 0 spiro atoms. The molecule has 0 bridgehead atoms. The molecule has 1 aliphatic rings. The molecule has 1 aromatic rings. The molecule has 0 aromatic heterocycles. The third-order valence-corrected chi connectivity index (χ3v) is 5.00. The van der Waals surface area contributed by atoms with E-state index in [0.29, 0.717) is 10.4 Å². The van der Waals surface area contributed by atoms with Crippen LogP contribution < -0.4 is 5.32 Å². The molecule has 2 rings (SSSR count). The molecule has 1 fully saturated rings. The van der Waals surface area contributed by atoms with Crippen molar-refractivity contribution in [1.82, 2.24) is 5.32 Å². The molecule has 0 aliphatic heterocycles. The van der Waals surface area contributed by atoms with E-state index in [-0.39, 0.29) is 22.9 Å². The fourth-order valence-electron chi connectivity index (χ4n) is 3.27. The fraction of sp³-hybridized carbons (Fsp3) is 0.588. The minimum Gasteiger partial charge on any atom is -0.349 e. The third-order valence-electron chi connectivity index (χ3n) is 4.39. The van der Waals surface area contributed by atoms with Gasteiger partial charge in [0.05, 0.1) is 10.0 Å². The van der Waals surface area contributed by atoms with Crippen LogP contribution >= 0.6 is 15.9 Å². The van der Waals surface area contributed by atoms with E-state index in [9.17, 15) is 9.18 Å². The van der Waals surface area contributed by atoms with Crippen LogP contribution in [0.5, 0.6) is 0 Å². The van der Waals surface area contributed by atoms with Gasteiger partial charge in [0.25, 0.3) is 5.91 Å². The first-order valence-electron chi connectivity index (χ1n) is 7.55. The van der Waals surface area contributed by atoms with E-state index in [2.05, 4.69) is 42.0 Å². The Labute approximate surface area is 134 Å². The highest BCUT2D eigenvalue weighted by molar-refractivity contribution is 9.10. The molecule has 0 saturated heterocycles. The summed E-state index contributed by atoms with van der Waals surface area (Å²) in [5, 5.41) is 3.06. The highest BCUT2D eigenvalue weighted by Crippen LogP contribution is 2.38. The maximum atomic E-state index is 14.0. The Morgan fingerprint density at radius 2 is 1.95 bits per heavy atom. The lowest BCUT2D eigenvalue weighted by molar-refractivity contribution is 0.0826. The zero-order chi connectivity index (χ0) is 15.6. The molecule has 0 heterocycles. The summed E-state index contributed by atoms with van der Waals surface area (Å²) in [6.07, 6.45) is 4.43. The summed E-state index contributed by atoms with van der Waals surface area (Å²) in [6.45, 7) is 6.63. The molecule has 1 N–H and O–H groups in total. The first-order chi connectivity index (χ1) is 9.80. The van der Waals surface area contributed by atoms with Gasteiger partial charge in [0.15, 0.2) is 0 Å². The van der Waals surface area contributed by atoms with Crippen LogP contribution in [-0.4, -0.2) is 11.9 Å². The molecule has 4 heteroatoms. The van der Waals surface area contributed by atoms with Crippen LogP contribution in [0.4, 0.5) is 4.39 Å². The van der Waals surface area contributed by atoms with E-state index in [4.69, 9.17) is 0 Å². The van der Waals surface area contributed by atoms with Gasteiger partial charge in [-0.2, -0.15) is 0 Å². The van der Waals surface area contributed by atoms with Crippen molar-refractivity contribution in [3.63, 3.8) is 0 Å². The van der Waals surface area contributed by atoms with E-state index >= 15 is 0 Å². The number of carbonyl (C=O) groups excluding carboxylic acids is 1. The van der Waals surface area contributed by atoms with Crippen molar-refractivity contribution in [1.29, 1.82) is 0 Å². The van der Waals surface area contributed by atoms with Gasteiger partial charge in [0.2, 0.25) is 0 Å². The molecule has 1 aromatic carbocycles. The van der Waals surface area contributed by atoms with Gasteiger partial charge in [0.1, 0.15) is 5.82 Å².